The molecular formula is C15H23N5O. The molecule has 6 nitrogen and oxygen atoms in total. The highest BCUT2D eigenvalue weighted by molar-refractivity contribution is 5.97. The lowest BCUT2D eigenvalue weighted by Crippen LogP contribution is -2.50. The summed E-state index contributed by atoms with van der Waals surface area (Å²) in [6.45, 7) is 4.17. The second-order valence-electron chi connectivity index (χ2n) is 5.85. The van der Waals surface area contributed by atoms with E-state index in [0.717, 1.165) is 38.0 Å². The molecule has 2 fully saturated rings. The zero-order valence-corrected chi connectivity index (χ0v) is 12.3. The Bertz CT molecular complexity index is 505. The first-order valence-electron chi connectivity index (χ1n) is 7.71. The van der Waals surface area contributed by atoms with Crippen molar-refractivity contribution in [3.8, 4) is 0 Å². The van der Waals surface area contributed by atoms with Crippen molar-refractivity contribution in [1.29, 1.82) is 0 Å². The van der Waals surface area contributed by atoms with Gasteiger partial charge in [-0.15, -0.1) is 0 Å². The summed E-state index contributed by atoms with van der Waals surface area (Å²) in [6, 6.07) is 4.44. The number of pyridine rings is 1. The number of nitrogens with zero attached hydrogens (tertiary/aromatic N) is 4. The monoisotopic (exact) mass is 289 g/mol. The van der Waals surface area contributed by atoms with E-state index in [0.29, 0.717) is 5.56 Å². The Morgan fingerprint density at radius 3 is 2.62 bits per heavy atom. The van der Waals surface area contributed by atoms with Crippen LogP contribution < -0.4 is 10.6 Å². The fraction of sp³-hybridized carbons (Fsp3) is 0.600. The van der Waals surface area contributed by atoms with Gasteiger partial charge in [0.15, 0.2) is 5.84 Å². The number of amidine groups is 1. The average molecular weight is 289 g/mol. The Hall–Kier alpha value is -1.82. The molecule has 0 unspecified atom stereocenters. The Kier molecular flexibility index (Phi) is 4.24. The Balaban J connectivity index is 1.64. The number of nitrogens with two attached hydrogens (primary N) is 1. The van der Waals surface area contributed by atoms with E-state index in [2.05, 4.69) is 19.9 Å². The summed E-state index contributed by atoms with van der Waals surface area (Å²) in [5, 5.41) is 11.8. The van der Waals surface area contributed by atoms with E-state index in [1.807, 2.05) is 6.07 Å². The smallest absolute Gasteiger partial charge is 0.170 e. The zero-order chi connectivity index (χ0) is 14.7. The second kappa shape index (κ2) is 6.30. The number of rotatable bonds is 3. The summed E-state index contributed by atoms with van der Waals surface area (Å²) >= 11 is 0. The predicted octanol–water partition coefficient (Wildman–Crippen LogP) is 1.24. The summed E-state index contributed by atoms with van der Waals surface area (Å²) in [6.07, 6.45) is 7.20. The quantitative estimate of drug-likeness (QED) is 0.379. The molecule has 1 aromatic heterocycles. The van der Waals surface area contributed by atoms with E-state index in [1.54, 1.807) is 12.3 Å². The first kappa shape index (κ1) is 14.1. The lowest BCUT2D eigenvalue weighted by atomic mass is 10.1. The minimum atomic E-state index is 0.128. The molecule has 114 valence electrons. The highest BCUT2D eigenvalue weighted by Gasteiger charge is 2.26. The number of piperazine rings is 1. The Morgan fingerprint density at radius 2 is 1.95 bits per heavy atom. The van der Waals surface area contributed by atoms with Crippen LogP contribution in [0.1, 0.15) is 31.2 Å². The summed E-state index contributed by atoms with van der Waals surface area (Å²) in [4.78, 5) is 9.32. The van der Waals surface area contributed by atoms with Crippen LogP contribution in [-0.4, -0.2) is 53.1 Å². The molecule has 1 aliphatic heterocycles. The molecule has 6 heteroatoms. The highest BCUT2D eigenvalue weighted by atomic mass is 16.4. The van der Waals surface area contributed by atoms with Crippen LogP contribution in [0.25, 0.3) is 0 Å². The molecule has 0 amide bonds. The number of aromatic nitrogens is 1. The molecule has 3 rings (SSSR count). The minimum absolute atomic E-state index is 0.128. The van der Waals surface area contributed by atoms with Crippen LogP contribution in [0.4, 0.5) is 5.82 Å². The Morgan fingerprint density at radius 1 is 1.24 bits per heavy atom. The number of hydrogen-bond donors (Lipinski definition) is 2. The first-order valence-corrected chi connectivity index (χ1v) is 7.71. The molecule has 1 saturated carbocycles. The van der Waals surface area contributed by atoms with Crippen LogP contribution in [0.15, 0.2) is 23.5 Å². The van der Waals surface area contributed by atoms with Gasteiger partial charge in [-0.2, -0.15) is 0 Å². The lowest BCUT2D eigenvalue weighted by Gasteiger charge is -2.38. The number of anilines is 1. The third-order valence-corrected chi connectivity index (χ3v) is 4.63. The summed E-state index contributed by atoms with van der Waals surface area (Å²) in [7, 11) is 0. The fourth-order valence-corrected chi connectivity index (χ4v) is 3.39. The number of hydrogen-bond acceptors (Lipinski definition) is 5. The van der Waals surface area contributed by atoms with Crippen LogP contribution in [-0.2, 0) is 0 Å². The van der Waals surface area contributed by atoms with Gasteiger partial charge in [-0.05, 0) is 25.0 Å². The highest BCUT2D eigenvalue weighted by Crippen LogP contribution is 2.25. The van der Waals surface area contributed by atoms with Crippen LogP contribution in [0.2, 0.25) is 0 Å². The molecule has 2 heterocycles. The van der Waals surface area contributed by atoms with Crippen molar-refractivity contribution >= 4 is 11.7 Å². The van der Waals surface area contributed by atoms with Crippen LogP contribution in [0.3, 0.4) is 0 Å². The molecule has 2 aliphatic rings. The van der Waals surface area contributed by atoms with Crippen molar-refractivity contribution in [3.63, 3.8) is 0 Å². The van der Waals surface area contributed by atoms with Crippen molar-refractivity contribution in [2.45, 2.75) is 31.7 Å². The molecule has 21 heavy (non-hydrogen) atoms. The molecule has 0 atom stereocenters. The van der Waals surface area contributed by atoms with Gasteiger partial charge in [0.05, 0.1) is 0 Å². The molecule has 1 saturated heterocycles. The third kappa shape index (κ3) is 3.10. The normalized spacial score (nSPS) is 21.9. The van der Waals surface area contributed by atoms with E-state index in [-0.39, 0.29) is 5.84 Å². The third-order valence-electron chi connectivity index (χ3n) is 4.63. The van der Waals surface area contributed by atoms with Gasteiger partial charge in [-0.3, -0.25) is 4.90 Å². The van der Waals surface area contributed by atoms with E-state index >= 15 is 0 Å². The van der Waals surface area contributed by atoms with Gasteiger partial charge in [0.25, 0.3) is 0 Å². The van der Waals surface area contributed by atoms with Gasteiger partial charge in [-0.25, -0.2) is 4.98 Å². The van der Waals surface area contributed by atoms with Crippen LogP contribution in [0, 0.1) is 0 Å². The van der Waals surface area contributed by atoms with E-state index < -0.39 is 0 Å². The molecule has 0 radical (unpaired) electrons. The standard InChI is InChI=1S/C15H23N5O/c16-15(18-21)12-5-6-17-14(11-12)20-9-7-19(8-10-20)13-3-1-2-4-13/h5-6,11,13,21H,1-4,7-10H2,(H2,16,18). The second-order valence-corrected chi connectivity index (χ2v) is 5.85. The average Bonchev–Trinajstić information content (AvgIpc) is 3.09. The van der Waals surface area contributed by atoms with Crippen molar-refractivity contribution in [1.82, 2.24) is 9.88 Å². The summed E-state index contributed by atoms with van der Waals surface area (Å²) in [5.74, 6) is 1.04. The van der Waals surface area contributed by atoms with Crippen molar-refractivity contribution < 1.29 is 5.21 Å². The fourth-order valence-electron chi connectivity index (χ4n) is 3.39. The van der Waals surface area contributed by atoms with Crippen molar-refractivity contribution in [3.05, 3.63) is 23.9 Å². The van der Waals surface area contributed by atoms with E-state index in [1.165, 1.54) is 25.7 Å². The van der Waals surface area contributed by atoms with Gasteiger partial charge in [0.2, 0.25) is 0 Å². The number of oxime groups is 1. The topological polar surface area (TPSA) is 78.0 Å². The molecule has 3 N–H and O–H groups in total. The summed E-state index contributed by atoms with van der Waals surface area (Å²) < 4.78 is 0. The molecule has 0 bridgehead atoms. The SMILES string of the molecule is NC(=NO)c1ccnc(N2CCN(C3CCCC3)CC2)c1. The van der Waals surface area contributed by atoms with Crippen LogP contribution in [0.5, 0.6) is 0 Å². The molecular weight excluding hydrogens is 266 g/mol. The van der Waals surface area contributed by atoms with Gasteiger partial charge in [0.1, 0.15) is 5.82 Å². The van der Waals surface area contributed by atoms with Crippen LogP contribution >= 0.6 is 0 Å². The maximum absolute atomic E-state index is 8.77. The predicted molar refractivity (Wildman–Crippen MR) is 82.8 cm³/mol. The minimum Gasteiger partial charge on any atom is -0.409 e. The van der Waals surface area contributed by atoms with Gasteiger partial charge < -0.3 is 15.8 Å². The molecule has 1 aliphatic carbocycles. The Labute approximate surface area is 125 Å². The largest absolute Gasteiger partial charge is 0.409 e. The van der Waals surface area contributed by atoms with Gasteiger partial charge in [0, 0.05) is 44.0 Å². The first-order chi connectivity index (χ1) is 10.3. The maximum atomic E-state index is 8.77. The molecule has 0 aromatic carbocycles. The van der Waals surface area contributed by atoms with Crippen molar-refractivity contribution in [2.24, 2.45) is 10.9 Å². The van der Waals surface area contributed by atoms with Crippen molar-refractivity contribution in [2.75, 3.05) is 31.1 Å². The van der Waals surface area contributed by atoms with Gasteiger partial charge in [-0.1, -0.05) is 18.0 Å². The lowest BCUT2D eigenvalue weighted by molar-refractivity contribution is 0.187. The molecule has 0 spiro atoms. The molecule has 1 aromatic rings. The van der Waals surface area contributed by atoms with Gasteiger partial charge >= 0.3 is 0 Å². The zero-order valence-electron chi connectivity index (χ0n) is 12.3. The van der Waals surface area contributed by atoms with E-state index in [9.17, 15) is 0 Å². The van der Waals surface area contributed by atoms with E-state index in [4.69, 9.17) is 10.9 Å². The maximum Gasteiger partial charge on any atom is 0.170 e. The summed E-state index contributed by atoms with van der Waals surface area (Å²) in [5.41, 5.74) is 6.35.